The van der Waals surface area contributed by atoms with E-state index in [1.807, 2.05) is 42.5 Å². The number of ether oxygens (including phenoxy) is 1. The van der Waals surface area contributed by atoms with Crippen LogP contribution in [0.15, 0.2) is 78.9 Å². The Labute approximate surface area is 181 Å². The zero-order valence-electron chi connectivity index (χ0n) is 15.8. The first-order chi connectivity index (χ1) is 14.2. The van der Waals surface area contributed by atoms with Crippen molar-refractivity contribution in [2.24, 2.45) is 5.92 Å². The van der Waals surface area contributed by atoms with Crippen LogP contribution in [0.3, 0.4) is 0 Å². The molecule has 0 spiro atoms. The molecule has 3 atom stereocenters. The number of nitrogens with one attached hydrogen (secondary N) is 1. The Hall–Kier alpha value is -2.42. The summed E-state index contributed by atoms with van der Waals surface area (Å²) in [5, 5.41) is 5.11. The van der Waals surface area contributed by atoms with Gasteiger partial charge in [0.05, 0.1) is 11.7 Å². The quantitative estimate of drug-likeness (QED) is 0.443. The lowest BCUT2D eigenvalue weighted by Gasteiger charge is -2.38. The molecule has 0 saturated carbocycles. The van der Waals surface area contributed by atoms with Gasteiger partial charge in [0.15, 0.2) is 0 Å². The Bertz CT molecular complexity index is 1060. The summed E-state index contributed by atoms with van der Waals surface area (Å²) < 4.78 is 6.23. The molecule has 3 aromatic carbocycles. The van der Waals surface area contributed by atoms with E-state index in [-0.39, 0.29) is 6.04 Å². The molecule has 0 radical (unpaired) electrons. The van der Waals surface area contributed by atoms with Gasteiger partial charge in [-0.3, -0.25) is 0 Å². The van der Waals surface area contributed by atoms with Crippen molar-refractivity contribution in [1.82, 2.24) is 0 Å². The molecule has 146 valence electrons. The molecule has 2 aliphatic rings. The smallest absolute Gasteiger partial charge is 0.143 e. The van der Waals surface area contributed by atoms with E-state index in [1.165, 1.54) is 5.56 Å². The molecule has 0 fully saturated rings. The van der Waals surface area contributed by atoms with Crippen LogP contribution in [0.4, 0.5) is 5.69 Å². The van der Waals surface area contributed by atoms with Gasteiger partial charge in [0.25, 0.3) is 0 Å². The number of allylic oxidation sites excluding steroid dienone is 2. The third-order valence-electron chi connectivity index (χ3n) is 5.89. The molecule has 2 nitrogen and oxygen atoms in total. The Balaban J connectivity index is 1.51. The predicted molar refractivity (Wildman–Crippen MR) is 120 cm³/mol. The molecule has 4 heteroatoms. The highest BCUT2D eigenvalue weighted by molar-refractivity contribution is 6.35. The van der Waals surface area contributed by atoms with Gasteiger partial charge in [-0.2, -0.15) is 0 Å². The van der Waals surface area contributed by atoms with Crippen LogP contribution in [0.25, 0.3) is 0 Å². The first-order valence-corrected chi connectivity index (χ1v) is 10.6. The summed E-state index contributed by atoms with van der Waals surface area (Å²) in [6.45, 7) is 0.537. The maximum atomic E-state index is 6.59. The van der Waals surface area contributed by atoms with Gasteiger partial charge in [-0.15, -0.1) is 0 Å². The van der Waals surface area contributed by atoms with Crippen molar-refractivity contribution in [2.45, 2.75) is 25.0 Å². The lowest BCUT2D eigenvalue weighted by Crippen LogP contribution is -2.29. The van der Waals surface area contributed by atoms with Crippen molar-refractivity contribution >= 4 is 28.9 Å². The summed E-state index contributed by atoms with van der Waals surface area (Å²) >= 11 is 12.7. The molecule has 1 aliphatic carbocycles. The molecular formula is C25H21Cl2NO. The second-order valence-electron chi connectivity index (χ2n) is 7.64. The molecule has 3 unspecified atom stereocenters. The maximum absolute atomic E-state index is 6.59. The van der Waals surface area contributed by atoms with E-state index in [0.29, 0.717) is 28.5 Å². The van der Waals surface area contributed by atoms with Crippen LogP contribution in [0.1, 0.15) is 35.1 Å². The van der Waals surface area contributed by atoms with Gasteiger partial charge in [-0.1, -0.05) is 83.9 Å². The summed E-state index contributed by atoms with van der Waals surface area (Å²) in [4.78, 5) is 0. The SMILES string of the molecule is Clc1ccc(C2Nc3c(OCc4ccccc4)cccc3C3C=CCC32)c(Cl)c1. The van der Waals surface area contributed by atoms with Crippen LogP contribution >= 0.6 is 23.2 Å². The molecule has 1 N–H and O–H groups in total. The van der Waals surface area contributed by atoms with Crippen LogP contribution in [-0.2, 0) is 6.61 Å². The van der Waals surface area contributed by atoms with Crippen molar-refractivity contribution in [3.63, 3.8) is 0 Å². The Morgan fingerprint density at radius 1 is 0.931 bits per heavy atom. The number of para-hydroxylation sites is 1. The minimum atomic E-state index is 0.105. The van der Waals surface area contributed by atoms with E-state index in [4.69, 9.17) is 27.9 Å². The highest BCUT2D eigenvalue weighted by Gasteiger charge is 2.39. The van der Waals surface area contributed by atoms with E-state index >= 15 is 0 Å². The first kappa shape index (κ1) is 18.6. The molecular weight excluding hydrogens is 401 g/mol. The molecule has 0 bridgehead atoms. The van der Waals surface area contributed by atoms with Gasteiger partial charge in [0, 0.05) is 16.0 Å². The van der Waals surface area contributed by atoms with Crippen molar-refractivity contribution < 1.29 is 4.74 Å². The average Bonchev–Trinajstić information content (AvgIpc) is 3.23. The minimum absolute atomic E-state index is 0.105. The van der Waals surface area contributed by atoms with Gasteiger partial charge >= 0.3 is 0 Å². The fourth-order valence-corrected chi connectivity index (χ4v) is 5.04. The van der Waals surface area contributed by atoms with Crippen LogP contribution in [0, 0.1) is 5.92 Å². The topological polar surface area (TPSA) is 21.3 Å². The van der Waals surface area contributed by atoms with E-state index < -0.39 is 0 Å². The van der Waals surface area contributed by atoms with Gasteiger partial charge in [-0.05, 0) is 47.2 Å². The zero-order chi connectivity index (χ0) is 19.8. The zero-order valence-corrected chi connectivity index (χ0v) is 17.3. The van der Waals surface area contributed by atoms with Crippen LogP contribution in [0.2, 0.25) is 10.0 Å². The number of rotatable bonds is 4. The summed E-state index contributed by atoms with van der Waals surface area (Å²) in [7, 11) is 0. The van der Waals surface area contributed by atoms with Crippen LogP contribution in [0.5, 0.6) is 5.75 Å². The number of hydrogen-bond donors (Lipinski definition) is 1. The molecule has 5 rings (SSSR count). The van der Waals surface area contributed by atoms with E-state index in [0.717, 1.165) is 29.0 Å². The number of benzene rings is 3. The number of halogens is 2. The van der Waals surface area contributed by atoms with Crippen molar-refractivity contribution in [3.8, 4) is 5.75 Å². The molecule has 0 aromatic heterocycles. The van der Waals surface area contributed by atoms with Crippen LogP contribution in [-0.4, -0.2) is 0 Å². The number of fused-ring (bicyclic) bond motifs is 3. The molecule has 3 aromatic rings. The van der Waals surface area contributed by atoms with Gasteiger partial charge in [0.2, 0.25) is 0 Å². The minimum Gasteiger partial charge on any atom is -0.487 e. The van der Waals surface area contributed by atoms with Gasteiger partial charge < -0.3 is 10.1 Å². The fourth-order valence-electron chi connectivity index (χ4n) is 4.51. The van der Waals surface area contributed by atoms with E-state index in [2.05, 4.69) is 41.7 Å². The standard InChI is InChI=1S/C25H21Cl2NO/c26-17-12-13-21(22(27)14-17)24-19-9-4-8-18(19)20-10-5-11-23(25(20)28-24)29-15-16-6-2-1-3-7-16/h1-8,10-14,18-19,24,28H,9,15H2. The number of hydrogen-bond acceptors (Lipinski definition) is 2. The number of anilines is 1. The monoisotopic (exact) mass is 421 g/mol. The summed E-state index contributed by atoms with van der Waals surface area (Å²) in [6.07, 6.45) is 5.62. The van der Waals surface area contributed by atoms with Crippen LogP contribution < -0.4 is 10.1 Å². The second-order valence-corrected chi connectivity index (χ2v) is 8.48. The highest BCUT2D eigenvalue weighted by Crippen LogP contribution is 2.53. The van der Waals surface area contributed by atoms with E-state index in [1.54, 1.807) is 0 Å². The first-order valence-electron chi connectivity index (χ1n) is 9.88. The summed E-state index contributed by atoms with van der Waals surface area (Å²) in [5.41, 5.74) is 4.58. The maximum Gasteiger partial charge on any atom is 0.143 e. The molecule has 29 heavy (non-hydrogen) atoms. The second kappa shape index (κ2) is 7.78. The molecule has 1 heterocycles. The molecule has 0 amide bonds. The van der Waals surface area contributed by atoms with Gasteiger partial charge in [0.1, 0.15) is 12.4 Å². The largest absolute Gasteiger partial charge is 0.487 e. The summed E-state index contributed by atoms with van der Waals surface area (Å²) in [5.74, 6) is 1.65. The third kappa shape index (κ3) is 3.52. The molecule has 1 aliphatic heterocycles. The highest BCUT2D eigenvalue weighted by atomic mass is 35.5. The van der Waals surface area contributed by atoms with Crippen molar-refractivity contribution in [2.75, 3.05) is 5.32 Å². The predicted octanol–water partition coefficient (Wildman–Crippen LogP) is 7.40. The Morgan fingerprint density at radius 2 is 1.79 bits per heavy atom. The third-order valence-corrected chi connectivity index (χ3v) is 6.46. The summed E-state index contributed by atoms with van der Waals surface area (Å²) in [6, 6.07) is 22.4. The van der Waals surface area contributed by atoms with Crippen molar-refractivity contribution in [1.29, 1.82) is 0 Å². The average molecular weight is 422 g/mol. The lowest BCUT2D eigenvalue weighted by molar-refractivity contribution is 0.304. The molecule has 0 saturated heterocycles. The van der Waals surface area contributed by atoms with Crippen molar-refractivity contribution in [3.05, 3.63) is 106 Å². The van der Waals surface area contributed by atoms with Gasteiger partial charge in [-0.25, -0.2) is 0 Å². The Morgan fingerprint density at radius 3 is 2.62 bits per heavy atom. The Kier molecular flexibility index (Phi) is 4.99. The lowest BCUT2D eigenvalue weighted by atomic mass is 9.77. The normalized spacial score (nSPS) is 21.9. The van der Waals surface area contributed by atoms with E-state index in [9.17, 15) is 0 Å². The fraction of sp³-hybridized carbons (Fsp3) is 0.200.